The first-order valence-corrected chi connectivity index (χ1v) is 37.7. The molecule has 342 valence electrons. The van der Waals surface area contributed by atoms with Crippen molar-refractivity contribution in [3.8, 4) is 22.3 Å². The molecule has 2 aliphatic heterocycles. The van der Waals surface area contributed by atoms with Crippen LogP contribution in [0.3, 0.4) is 0 Å². The zero-order valence-electron chi connectivity index (χ0n) is 40.5. The van der Waals surface area contributed by atoms with Gasteiger partial charge in [0.05, 0.1) is 0 Å². The average Bonchev–Trinajstić information content (AvgIpc) is 4.10. The van der Waals surface area contributed by atoms with Crippen molar-refractivity contribution in [2.45, 2.75) is 23.0 Å². The Kier molecular flexibility index (Phi) is 8.95. The monoisotopic (exact) mass is 1050 g/mol. The molecule has 15 rings (SSSR count). The second kappa shape index (κ2) is 15.4. The second-order valence-electron chi connectivity index (χ2n) is 20.9. The predicted molar refractivity (Wildman–Crippen MR) is 310 cm³/mol. The number of nitrogens with zero attached hydrogens (tertiary/aromatic N) is 2. The van der Waals surface area contributed by atoms with E-state index in [-0.39, 0.29) is 0 Å². The molecule has 0 saturated carbocycles. The van der Waals surface area contributed by atoms with Crippen LogP contribution in [0.15, 0.2) is 227 Å². The summed E-state index contributed by atoms with van der Waals surface area (Å²) in [6, 6.07) is 80.7. The molecule has 2 aliphatic rings. The van der Waals surface area contributed by atoms with Crippen LogP contribution in [0.4, 0.5) is 34.1 Å². The summed E-state index contributed by atoms with van der Waals surface area (Å²) < 4.78 is 19.8. The van der Waals surface area contributed by atoms with Crippen molar-refractivity contribution in [2.75, 3.05) is 9.80 Å². The van der Waals surface area contributed by atoms with Gasteiger partial charge >= 0.3 is 426 Å². The van der Waals surface area contributed by atoms with Gasteiger partial charge < -0.3 is 0 Å². The third-order valence-corrected chi connectivity index (χ3v) is 31.0. The Morgan fingerprint density at radius 3 is 1.15 bits per heavy atom. The molecule has 13 aromatic rings. The Hall–Kier alpha value is -7.77. The summed E-state index contributed by atoms with van der Waals surface area (Å²) in [4.78, 5) is 4.95. The number of para-hydroxylation sites is 2. The molecule has 0 saturated heterocycles. The molecule has 0 radical (unpaired) electrons. The van der Waals surface area contributed by atoms with Crippen LogP contribution in [0, 0.1) is 0 Å². The zero-order chi connectivity index (χ0) is 48.0. The Morgan fingerprint density at radius 2 is 0.708 bits per heavy atom. The van der Waals surface area contributed by atoms with Gasteiger partial charge in [0.1, 0.15) is 0 Å². The van der Waals surface area contributed by atoms with E-state index in [1.54, 1.807) is 8.79 Å². The Labute approximate surface area is 423 Å². The van der Waals surface area contributed by atoms with Crippen molar-refractivity contribution in [1.82, 2.24) is 0 Å². The molecule has 0 amide bonds. The van der Waals surface area contributed by atoms with E-state index < -0.39 is 26.5 Å². The molecular weight excluding hydrogens is 998 g/mol. The first kappa shape index (κ1) is 42.0. The number of furan rings is 2. The van der Waals surface area contributed by atoms with E-state index in [1.165, 1.54) is 42.4 Å². The number of rotatable bonds is 6. The first-order chi connectivity index (χ1) is 35.2. The number of fused-ring (bicyclic) bond motifs is 15. The summed E-state index contributed by atoms with van der Waals surface area (Å²) in [5.41, 5.74) is 16.1. The number of hydrogen-bond donors (Lipinski definition) is 0. The van der Waals surface area contributed by atoms with Gasteiger partial charge in [-0.3, -0.25) is 0 Å². The summed E-state index contributed by atoms with van der Waals surface area (Å²) in [6.45, 7) is 0. The van der Waals surface area contributed by atoms with Gasteiger partial charge in [-0.1, -0.05) is 0 Å². The maximum absolute atomic E-state index is 6.81. The van der Waals surface area contributed by atoms with Crippen LogP contribution in [-0.4, -0.2) is 26.5 Å². The number of anilines is 6. The first-order valence-electron chi connectivity index (χ1n) is 25.1. The minimum atomic E-state index is -2.68. The van der Waals surface area contributed by atoms with Gasteiger partial charge in [0.2, 0.25) is 0 Å². The second-order valence-corrected chi connectivity index (χ2v) is 38.9. The van der Waals surface area contributed by atoms with Crippen LogP contribution in [0.25, 0.3) is 87.7 Å². The molecule has 72 heavy (non-hydrogen) atoms. The van der Waals surface area contributed by atoms with E-state index in [1.807, 2.05) is 0 Å². The molecular formula is C66H48Ge2N2O2. The van der Waals surface area contributed by atoms with E-state index in [0.717, 1.165) is 88.2 Å². The third kappa shape index (κ3) is 6.00. The summed E-state index contributed by atoms with van der Waals surface area (Å²) in [7, 11) is 0. The van der Waals surface area contributed by atoms with Crippen LogP contribution in [0.1, 0.15) is 0 Å². The molecule has 4 heterocycles. The van der Waals surface area contributed by atoms with E-state index in [9.17, 15) is 0 Å². The van der Waals surface area contributed by atoms with Crippen LogP contribution >= 0.6 is 0 Å². The van der Waals surface area contributed by atoms with Gasteiger partial charge in [-0.25, -0.2) is 0 Å². The Balaban J connectivity index is 0.858. The van der Waals surface area contributed by atoms with Gasteiger partial charge in [0.15, 0.2) is 0 Å². The van der Waals surface area contributed by atoms with Crippen molar-refractivity contribution < 1.29 is 8.83 Å². The van der Waals surface area contributed by atoms with Crippen molar-refractivity contribution >= 4 is 144 Å². The fraction of sp³-hybridized carbons (Fsp3) is 0.0606. The molecule has 4 nitrogen and oxygen atoms in total. The maximum atomic E-state index is 6.81. The van der Waals surface area contributed by atoms with Gasteiger partial charge in [-0.2, -0.15) is 0 Å². The minimum absolute atomic E-state index is 0.856. The van der Waals surface area contributed by atoms with Crippen LogP contribution in [-0.2, 0) is 0 Å². The van der Waals surface area contributed by atoms with Crippen LogP contribution in [0.5, 0.6) is 0 Å². The Bertz CT molecular complexity index is 4130. The van der Waals surface area contributed by atoms with Gasteiger partial charge in [0, 0.05) is 0 Å². The standard InChI is InChI=1S/C66H48Ge2N2O2/c1-67(2)55-25-13-11-21-49(55)51-23-15-27-57(65(51)67)69(45-17-7-5-8-18-45)47-31-29-41-37-53-61(39-43(41)35-47)71-59-33-34-60-64(63(53)59)54-38-42-30-32-48(36-44(42)40-62(54)72-60)70(46-19-9-6-10-20-46)58-28-16-24-52-50-22-12-14-26-56(50)68(3,4)66(52)58/h5-40H,1-4H3. The molecule has 0 bridgehead atoms. The molecule has 0 fully saturated rings. The topological polar surface area (TPSA) is 32.8 Å². The molecule has 0 atom stereocenters. The summed E-state index contributed by atoms with van der Waals surface area (Å²) >= 11 is -5.36. The molecule has 0 N–H and O–H groups in total. The fourth-order valence-corrected chi connectivity index (χ4v) is 27.2. The van der Waals surface area contributed by atoms with Crippen LogP contribution in [0.2, 0.25) is 23.0 Å². The fourth-order valence-electron chi connectivity index (χ4n) is 12.9. The molecule has 0 unspecified atom stereocenters. The molecule has 2 aromatic heterocycles. The van der Waals surface area contributed by atoms with Gasteiger partial charge in [-0.15, -0.1) is 0 Å². The summed E-state index contributed by atoms with van der Waals surface area (Å²) in [6.07, 6.45) is 0. The van der Waals surface area contributed by atoms with Crippen LogP contribution < -0.4 is 27.4 Å². The normalized spacial score (nSPS) is 14.1. The molecule has 6 heteroatoms. The van der Waals surface area contributed by atoms with E-state index >= 15 is 0 Å². The number of hydrogen-bond acceptors (Lipinski definition) is 4. The van der Waals surface area contributed by atoms with Crippen molar-refractivity contribution in [3.05, 3.63) is 218 Å². The predicted octanol–water partition coefficient (Wildman–Crippen LogP) is 16.3. The Morgan fingerprint density at radius 1 is 0.306 bits per heavy atom. The zero-order valence-corrected chi connectivity index (χ0v) is 44.7. The van der Waals surface area contributed by atoms with Gasteiger partial charge in [0.25, 0.3) is 0 Å². The van der Waals surface area contributed by atoms with E-state index in [0.29, 0.717) is 0 Å². The molecule has 11 aromatic carbocycles. The third-order valence-electron chi connectivity index (χ3n) is 16.1. The van der Waals surface area contributed by atoms with E-state index in [4.69, 9.17) is 8.83 Å². The van der Waals surface area contributed by atoms with Crippen molar-refractivity contribution in [2.24, 2.45) is 0 Å². The van der Waals surface area contributed by atoms with Gasteiger partial charge in [-0.05, 0) is 0 Å². The summed E-state index contributed by atoms with van der Waals surface area (Å²) in [5.74, 6) is 10.2. The quantitative estimate of drug-likeness (QED) is 0.155. The van der Waals surface area contributed by atoms with Crippen molar-refractivity contribution in [3.63, 3.8) is 0 Å². The molecule has 0 spiro atoms. The molecule has 0 aliphatic carbocycles. The average molecular weight is 1050 g/mol. The number of benzene rings is 11. The van der Waals surface area contributed by atoms with E-state index in [2.05, 4.69) is 251 Å². The SMILES string of the molecule is [CH3][Ge]1([CH3])[c]2ccccc2-c2cccc(N(c3ccccc3)c3ccc4cc5c(cc4c3)oc3ccc4oc6cc7cc(N(c8ccccc8)c8cccc9[c]8[Ge]([CH3])([CH3])[c]8ccccc8-9)ccc7cc6c4c35)[c]21. The van der Waals surface area contributed by atoms with Crippen molar-refractivity contribution in [1.29, 1.82) is 0 Å². The summed E-state index contributed by atoms with van der Waals surface area (Å²) in [5, 5.41) is 8.95.